The SMILES string of the molecule is C=C(C)C1CCCN1C(=O)OC. The molecule has 1 atom stereocenters. The summed E-state index contributed by atoms with van der Waals surface area (Å²) in [6.45, 7) is 6.60. The third-order valence-corrected chi connectivity index (χ3v) is 2.23. The van der Waals surface area contributed by atoms with Crippen molar-refractivity contribution in [1.82, 2.24) is 4.90 Å². The van der Waals surface area contributed by atoms with Gasteiger partial charge >= 0.3 is 6.09 Å². The first-order valence-corrected chi connectivity index (χ1v) is 4.17. The Bertz CT molecular complexity index is 201. The van der Waals surface area contributed by atoms with Crippen LogP contribution in [0, 0.1) is 0 Å². The Morgan fingerprint density at radius 1 is 1.67 bits per heavy atom. The molecule has 1 rings (SSSR count). The highest BCUT2D eigenvalue weighted by Crippen LogP contribution is 2.22. The number of rotatable bonds is 1. The van der Waals surface area contributed by atoms with Crippen LogP contribution in [0.1, 0.15) is 19.8 Å². The van der Waals surface area contributed by atoms with Crippen molar-refractivity contribution in [3.05, 3.63) is 12.2 Å². The van der Waals surface area contributed by atoms with Gasteiger partial charge in [-0.1, -0.05) is 12.2 Å². The van der Waals surface area contributed by atoms with Crippen molar-refractivity contribution < 1.29 is 9.53 Å². The Morgan fingerprint density at radius 2 is 2.33 bits per heavy atom. The van der Waals surface area contributed by atoms with Gasteiger partial charge in [-0.05, 0) is 19.8 Å². The number of hydrogen-bond acceptors (Lipinski definition) is 2. The molecule has 1 fully saturated rings. The highest BCUT2D eigenvalue weighted by molar-refractivity contribution is 5.68. The largest absolute Gasteiger partial charge is 0.453 e. The molecule has 3 nitrogen and oxygen atoms in total. The summed E-state index contributed by atoms with van der Waals surface area (Å²) in [6, 6.07) is 0.192. The smallest absolute Gasteiger partial charge is 0.409 e. The molecule has 0 aliphatic carbocycles. The molecule has 3 heteroatoms. The molecule has 0 N–H and O–H groups in total. The fourth-order valence-electron chi connectivity index (χ4n) is 1.61. The van der Waals surface area contributed by atoms with Gasteiger partial charge in [0.05, 0.1) is 13.2 Å². The van der Waals surface area contributed by atoms with Crippen molar-refractivity contribution in [1.29, 1.82) is 0 Å². The number of hydrogen-bond donors (Lipinski definition) is 0. The fraction of sp³-hybridized carbons (Fsp3) is 0.667. The molecule has 68 valence electrons. The van der Waals surface area contributed by atoms with Crippen LogP contribution in [-0.2, 0) is 4.74 Å². The lowest BCUT2D eigenvalue weighted by molar-refractivity contribution is 0.124. The van der Waals surface area contributed by atoms with Gasteiger partial charge in [0.15, 0.2) is 0 Å². The average molecular weight is 169 g/mol. The van der Waals surface area contributed by atoms with Crippen molar-refractivity contribution in [3.8, 4) is 0 Å². The lowest BCUT2D eigenvalue weighted by atomic mass is 10.1. The van der Waals surface area contributed by atoms with Crippen LogP contribution in [0.2, 0.25) is 0 Å². The maximum Gasteiger partial charge on any atom is 0.409 e. The zero-order valence-electron chi connectivity index (χ0n) is 7.67. The monoisotopic (exact) mass is 169 g/mol. The predicted octanol–water partition coefficient (Wildman–Crippen LogP) is 1.79. The molecule has 1 saturated heterocycles. The van der Waals surface area contributed by atoms with Gasteiger partial charge in [0, 0.05) is 6.54 Å². The second kappa shape index (κ2) is 3.61. The molecule has 1 aliphatic heterocycles. The minimum absolute atomic E-state index is 0.192. The van der Waals surface area contributed by atoms with E-state index in [0.717, 1.165) is 25.0 Å². The molecule has 1 aliphatic rings. The maximum atomic E-state index is 11.2. The summed E-state index contributed by atoms with van der Waals surface area (Å²) in [4.78, 5) is 12.9. The number of ether oxygens (including phenoxy) is 1. The van der Waals surface area contributed by atoms with E-state index in [4.69, 9.17) is 0 Å². The van der Waals surface area contributed by atoms with Crippen LogP contribution in [-0.4, -0.2) is 30.7 Å². The minimum atomic E-state index is -0.236. The predicted molar refractivity (Wildman–Crippen MR) is 46.9 cm³/mol. The maximum absolute atomic E-state index is 11.2. The zero-order valence-corrected chi connectivity index (χ0v) is 7.67. The second-order valence-corrected chi connectivity index (χ2v) is 3.17. The zero-order chi connectivity index (χ0) is 9.14. The van der Waals surface area contributed by atoms with E-state index in [0.29, 0.717) is 0 Å². The van der Waals surface area contributed by atoms with Crippen LogP contribution in [0.5, 0.6) is 0 Å². The van der Waals surface area contributed by atoms with Gasteiger partial charge in [0.1, 0.15) is 0 Å². The molecule has 0 radical (unpaired) electrons. The first kappa shape index (κ1) is 9.10. The topological polar surface area (TPSA) is 29.5 Å². The molecule has 0 spiro atoms. The summed E-state index contributed by atoms with van der Waals surface area (Å²) in [7, 11) is 1.41. The Hall–Kier alpha value is -0.990. The summed E-state index contributed by atoms with van der Waals surface area (Å²) in [5.74, 6) is 0. The number of likely N-dealkylation sites (tertiary alicyclic amines) is 1. The molecule has 1 heterocycles. The second-order valence-electron chi connectivity index (χ2n) is 3.17. The number of nitrogens with zero attached hydrogens (tertiary/aromatic N) is 1. The van der Waals surface area contributed by atoms with Crippen molar-refractivity contribution in [2.75, 3.05) is 13.7 Å². The average Bonchev–Trinajstić information content (AvgIpc) is 2.50. The minimum Gasteiger partial charge on any atom is -0.453 e. The van der Waals surface area contributed by atoms with Gasteiger partial charge in [-0.15, -0.1) is 0 Å². The van der Waals surface area contributed by atoms with Gasteiger partial charge in [-0.2, -0.15) is 0 Å². The Balaban J connectivity index is 2.63. The first-order valence-electron chi connectivity index (χ1n) is 4.17. The van der Waals surface area contributed by atoms with Gasteiger partial charge in [-0.3, -0.25) is 0 Å². The molecule has 0 aromatic heterocycles. The normalized spacial score (nSPS) is 22.5. The van der Waals surface area contributed by atoms with Gasteiger partial charge < -0.3 is 9.64 Å². The lowest BCUT2D eigenvalue weighted by Crippen LogP contribution is -2.35. The van der Waals surface area contributed by atoms with Gasteiger partial charge in [0.25, 0.3) is 0 Å². The highest BCUT2D eigenvalue weighted by atomic mass is 16.5. The standard InChI is InChI=1S/C9H15NO2/c1-7(2)8-5-4-6-10(8)9(11)12-3/h8H,1,4-6H2,2-3H3. The summed E-state index contributed by atoms with van der Waals surface area (Å²) in [6.07, 6.45) is 1.83. The molecular weight excluding hydrogens is 154 g/mol. The van der Waals surface area contributed by atoms with Crippen molar-refractivity contribution in [2.45, 2.75) is 25.8 Å². The van der Waals surface area contributed by atoms with E-state index >= 15 is 0 Å². The molecule has 0 saturated carbocycles. The Labute approximate surface area is 73.0 Å². The third kappa shape index (κ3) is 1.60. The van der Waals surface area contributed by atoms with Crippen LogP contribution in [0.3, 0.4) is 0 Å². The van der Waals surface area contributed by atoms with E-state index in [1.165, 1.54) is 7.11 Å². The van der Waals surface area contributed by atoms with Crippen molar-refractivity contribution in [2.24, 2.45) is 0 Å². The van der Waals surface area contributed by atoms with E-state index in [1.807, 2.05) is 6.92 Å². The quantitative estimate of drug-likeness (QED) is 0.560. The Kier molecular flexibility index (Phi) is 2.74. The molecule has 1 unspecified atom stereocenters. The van der Waals surface area contributed by atoms with Gasteiger partial charge in [0.2, 0.25) is 0 Å². The van der Waals surface area contributed by atoms with E-state index in [2.05, 4.69) is 11.3 Å². The van der Waals surface area contributed by atoms with E-state index in [-0.39, 0.29) is 12.1 Å². The molecule has 0 aromatic rings. The van der Waals surface area contributed by atoms with Crippen LogP contribution in [0.25, 0.3) is 0 Å². The van der Waals surface area contributed by atoms with Crippen LogP contribution in [0.4, 0.5) is 4.79 Å². The van der Waals surface area contributed by atoms with E-state index in [9.17, 15) is 4.79 Å². The van der Waals surface area contributed by atoms with Crippen LogP contribution in [0.15, 0.2) is 12.2 Å². The number of amides is 1. The van der Waals surface area contributed by atoms with Crippen molar-refractivity contribution in [3.63, 3.8) is 0 Å². The van der Waals surface area contributed by atoms with Gasteiger partial charge in [-0.25, -0.2) is 4.79 Å². The summed E-state index contributed by atoms with van der Waals surface area (Å²) >= 11 is 0. The summed E-state index contributed by atoms with van der Waals surface area (Å²) in [5.41, 5.74) is 1.04. The lowest BCUT2D eigenvalue weighted by Gasteiger charge is -2.23. The fourth-order valence-corrected chi connectivity index (χ4v) is 1.61. The Morgan fingerprint density at radius 3 is 2.83 bits per heavy atom. The highest BCUT2D eigenvalue weighted by Gasteiger charge is 2.29. The van der Waals surface area contributed by atoms with Crippen LogP contribution >= 0.6 is 0 Å². The van der Waals surface area contributed by atoms with Crippen molar-refractivity contribution >= 4 is 6.09 Å². The third-order valence-electron chi connectivity index (χ3n) is 2.23. The molecule has 0 aromatic carbocycles. The summed E-state index contributed by atoms with van der Waals surface area (Å²) < 4.78 is 4.66. The van der Waals surface area contributed by atoms with E-state index < -0.39 is 0 Å². The number of methoxy groups -OCH3 is 1. The summed E-state index contributed by atoms with van der Waals surface area (Å²) in [5, 5.41) is 0. The molecule has 12 heavy (non-hydrogen) atoms. The van der Waals surface area contributed by atoms with E-state index in [1.54, 1.807) is 4.90 Å². The molecule has 0 bridgehead atoms. The molecular formula is C9H15NO2. The van der Waals surface area contributed by atoms with Crippen LogP contribution < -0.4 is 0 Å². The number of carbonyl (C=O) groups excluding carboxylic acids is 1. The molecule has 1 amide bonds. The first-order chi connectivity index (χ1) is 5.66. The number of carbonyl (C=O) groups is 1.